The molecule has 5 saturated heterocycles. The quantitative estimate of drug-likeness (QED) is 0.0618. The molecule has 0 saturated carbocycles. The molecule has 10 rings (SSSR count). The van der Waals surface area contributed by atoms with Crippen LogP contribution in [0, 0.1) is 17.0 Å². The van der Waals surface area contributed by atoms with Crippen molar-refractivity contribution >= 4 is 28.9 Å². The lowest BCUT2D eigenvalue weighted by atomic mass is 9.83. The number of halogens is 2. The molecule has 0 amide bonds. The summed E-state index contributed by atoms with van der Waals surface area (Å²) in [5.41, 5.74) is 4.00. The summed E-state index contributed by atoms with van der Waals surface area (Å²) in [6.07, 6.45) is 21.2. The number of benzene rings is 5. The van der Waals surface area contributed by atoms with Crippen LogP contribution in [0.2, 0.25) is 0 Å². The molecule has 0 aromatic heterocycles. The number of likely N-dealkylation sites (tertiary alicyclic amines) is 5. The van der Waals surface area contributed by atoms with Crippen LogP contribution < -0.4 is 4.74 Å². The van der Waals surface area contributed by atoms with Crippen LogP contribution in [0.3, 0.4) is 0 Å². The maximum Gasteiger partial charge on any atom is 0.170 e. The minimum absolute atomic E-state index is 0.148. The summed E-state index contributed by atoms with van der Waals surface area (Å²) in [7, 11) is 0. The van der Waals surface area contributed by atoms with Crippen molar-refractivity contribution in [3.05, 3.63) is 172 Å². The minimum Gasteiger partial charge on any atom is -0.493 e. The average Bonchev–Trinajstić information content (AvgIpc) is 3.56. The Morgan fingerprint density at radius 2 is 0.736 bits per heavy atom. The fourth-order valence-electron chi connectivity index (χ4n) is 12.6. The van der Waals surface area contributed by atoms with Gasteiger partial charge in [0, 0.05) is 80.5 Å². The van der Waals surface area contributed by atoms with Gasteiger partial charge in [-0.15, -0.1) is 0 Å². The molecule has 0 N–H and O–H groups in total. The van der Waals surface area contributed by atoms with Gasteiger partial charge in [-0.25, -0.2) is 8.78 Å². The first-order valence-corrected chi connectivity index (χ1v) is 34.6. The van der Waals surface area contributed by atoms with E-state index >= 15 is 0 Å². The van der Waals surface area contributed by atoms with Gasteiger partial charge in [0.15, 0.2) is 28.9 Å². The summed E-state index contributed by atoms with van der Waals surface area (Å²) in [6.45, 7) is 28.6. The van der Waals surface area contributed by atoms with Crippen LogP contribution in [0.1, 0.15) is 221 Å². The summed E-state index contributed by atoms with van der Waals surface area (Å²) < 4.78 is 32.3. The lowest BCUT2D eigenvalue weighted by molar-refractivity contribution is 0.0743. The lowest BCUT2D eigenvalue weighted by Gasteiger charge is -2.34. The Kier molecular flexibility index (Phi) is 32.6. The SMILES string of the molecule is CC(C)(C)c1ccc(C(=O)CCN2CCCCC2)cc1.CC(C)(CN1CCCCC1)C(=O)c1ccccc1.CCOc1ccccc1C(=O)CCN1CCCCC1.O=C(CCN1CCCCC1)c1c(F)cccc1F.O=C(CCN1CCCCC1)c1ccccc1. The van der Waals surface area contributed by atoms with Crippen LogP contribution in [0.5, 0.6) is 5.75 Å². The van der Waals surface area contributed by atoms with E-state index in [4.69, 9.17) is 4.74 Å². The number of ketones is 5. The van der Waals surface area contributed by atoms with Crippen LogP contribution in [-0.2, 0) is 5.41 Å². The highest BCUT2D eigenvalue weighted by molar-refractivity contribution is 6.00. The van der Waals surface area contributed by atoms with Gasteiger partial charge in [-0.2, -0.15) is 0 Å². The number of ether oxygens (including phenoxy) is 1. The van der Waals surface area contributed by atoms with Gasteiger partial charge in [0.2, 0.25) is 0 Å². The predicted octanol–water partition coefficient (Wildman–Crippen LogP) is 16.3. The molecule has 0 bridgehead atoms. The molecule has 0 aliphatic carbocycles. The van der Waals surface area contributed by atoms with E-state index in [1.54, 1.807) is 0 Å². The van der Waals surface area contributed by atoms with Crippen molar-refractivity contribution in [2.24, 2.45) is 5.41 Å². The van der Waals surface area contributed by atoms with Gasteiger partial charge in [-0.3, -0.25) is 24.0 Å². The number of piperidine rings is 5. The van der Waals surface area contributed by atoms with Gasteiger partial charge in [0.05, 0.1) is 17.7 Å². The second-order valence-corrected chi connectivity index (χ2v) is 26.9. The number of carbonyl (C=O) groups is 5. The van der Waals surface area contributed by atoms with E-state index in [0.717, 1.165) is 126 Å². The van der Waals surface area contributed by atoms with Crippen LogP contribution in [0.15, 0.2) is 127 Å². The molecule has 0 atom stereocenters. The van der Waals surface area contributed by atoms with Gasteiger partial charge in [-0.05, 0) is 172 Å². The van der Waals surface area contributed by atoms with Gasteiger partial charge < -0.3 is 29.2 Å². The van der Waals surface area contributed by atoms with E-state index in [2.05, 4.69) is 71.3 Å². The van der Waals surface area contributed by atoms with Crippen molar-refractivity contribution in [2.45, 2.75) is 169 Å². The Hall–Kier alpha value is -6.09. The monoisotopic (exact) mass is 1250 g/mol. The van der Waals surface area contributed by atoms with E-state index in [1.165, 1.54) is 108 Å². The molecule has 11 nitrogen and oxygen atoms in total. The molecule has 5 aromatic carbocycles. The third-order valence-electron chi connectivity index (χ3n) is 18.0. The van der Waals surface area contributed by atoms with Crippen molar-refractivity contribution in [2.75, 3.05) is 105 Å². The highest BCUT2D eigenvalue weighted by atomic mass is 19.1. The van der Waals surface area contributed by atoms with Crippen LogP contribution in [0.25, 0.3) is 0 Å². The smallest absolute Gasteiger partial charge is 0.170 e. The molecular formula is C78H109F2N5O6. The molecule has 5 aliphatic heterocycles. The predicted molar refractivity (Wildman–Crippen MR) is 367 cm³/mol. The molecule has 0 radical (unpaired) electrons. The van der Waals surface area contributed by atoms with Gasteiger partial charge in [0.25, 0.3) is 0 Å². The first-order valence-electron chi connectivity index (χ1n) is 34.6. The average molecular weight is 1250 g/mol. The van der Waals surface area contributed by atoms with Crippen LogP contribution in [0.4, 0.5) is 8.78 Å². The maximum atomic E-state index is 13.4. The number of nitrogens with zero attached hydrogens (tertiary/aromatic N) is 5. The summed E-state index contributed by atoms with van der Waals surface area (Å²) in [5, 5.41) is 0. The first-order chi connectivity index (χ1) is 43.9. The van der Waals surface area contributed by atoms with E-state index in [1.807, 2.05) is 104 Å². The van der Waals surface area contributed by atoms with Crippen molar-refractivity contribution in [3.8, 4) is 5.75 Å². The summed E-state index contributed by atoms with van der Waals surface area (Å²) in [5.74, 6) is -0.271. The summed E-state index contributed by atoms with van der Waals surface area (Å²) in [4.78, 5) is 72.5. The normalized spacial score (nSPS) is 17.0. The molecule has 13 heteroatoms. The Labute approximate surface area is 545 Å². The molecule has 91 heavy (non-hydrogen) atoms. The van der Waals surface area contributed by atoms with Crippen LogP contribution in [-0.4, -0.2) is 158 Å². The highest BCUT2D eigenvalue weighted by Crippen LogP contribution is 2.27. The first kappa shape index (κ1) is 74.0. The summed E-state index contributed by atoms with van der Waals surface area (Å²) >= 11 is 0. The molecule has 5 heterocycles. The van der Waals surface area contributed by atoms with Crippen molar-refractivity contribution in [1.29, 1.82) is 0 Å². The Balaban J connectivity index is 0.000000181. The number of hydrogen-bond acceptors (Lipinski definition) is 11. The number of rotatable bonds is 22. The van der Waals surface area contributed by atoms with E-state index in [-0.39, 0.29) is 40.4 Å². The number of Topliss-reactive ketones (excluding diaryl/α,β-unsaturated/α-hetero) is 5. The van der Waals surface area contributed by atoms with E-state index in [9.17, 15) is 32.8 Å². The van der Waals surface area contributed by atoms with Crippen molar-refractivity contribution < 1.29 is 37.5 Å². The molecular weight excluding hydrogens is 1140 g/mol. The number of hydrogen-bond donors (Lipinski definition) is 0. The van der Waals surface area contributed by atoms with Crippen molar-refractivity contribution in [3.63, 3.8) is 0 Å². The molecule has 0 unspecified atom stereocenters. The fraction of sp³-hybridized carbons (Fsp3) is 0.551. The lowest BCUT2D eigenvalue weighted by Crippen LogP contribution is -2.41. The Bertz CT molecular complexity index is 2900. The Morgan fingerprint density at radius 1 is 0.385 bits per heavy atom. The van der Waals surface area contributed by atoms with Gasteiger partial charge >= 0.3 is 0 Å². The largest absolute Gasteiger partial charge is 0.493 e. The molecule has 0 spiro atoms. The maximum absolute atomic E-state index is 13.4. The second kappa shape index (κ2) is 40.1. The third kappa shape index (κ3) is 26.8. The van der Waals surface area contributed by atoms with Gasteiger partial charge in [0.1, 0.15) is 17.4 Å². The summed E-state index contributed by atoms with van der Waals surface area (Å²) in [6, 6.07) is 38.5. The fourth-order valence-corrected chi connectivity index (χ4v) is 12.6. The molecule has 5 aromatic rings. The highest BCUT2D eigenvalue weighted by Gasteiger charge is 2.31. The Morgan fingerprint density at radius 3 is 1.14 bits per heavy atom. The number of carbonyl (C=O) groups excluding carboxylic acids is 5. The topological polar surface area (TPSA) is 111 Å². The third-order valence-corrected chi connectivity index (χ3v) is 18.0. The van der Waals surface area contributed by atoms with Crippen LogP contribution >= 0.6 is 0 Å². The second-order valence-electron chi connectivity index (χ2n) is 26.9. The standard InChI is InChI=1S/C18H27NO.C16H23NO2.C16H23NO.C14H17F2NO.C14H19NO/c1-18(2,3)16-9-7-15(8-10-16)17(20)11-14-19-12-5-4-6-13-19;1-2-19-16-9-5-4-8-14(16)15(18)10-13-17-11-6-3-7-12-17;1-16(2,13-17-11-7-4-8-12-17)15(18)14-9-5-3-6-10-14;15-11-5-4-6-12(16)14(11)13(18)7-10-17-8-2-1-3-9-17;16-14(13-7-3-1-4-8-13)9-12-15-10-5-2-6-11-15/h7-10H,4-6,11-14H2,1-3H3;4-5,8-9H,2-3,6-7,10-13H2,1H3;3,5-6,9-10H,4,7-8,11-13H2,1-2H3;4-6H,1-3,7-10H2;1,3-4,7-8H,2,5-6,9-12H2. The zero-order valence-electron chi connectivity index (χ0n) is 56.3. The zero-order chi connectivity index (χ0) is 65.3. The molecule has 5 aliphatic rings. The van der Waals surface area contributed by atoms with Crippen molar-refractivity contribution in [1.82, 2.24) is 24.5 Å². The molecule has 496 valence electrons. The minimum atomic E-state index is -0.765. The van der Waals surface area contributed by atoms with E-state index in [0.29, 0.717) is 38.2 Å². The van der Waals surface area contributed by atoms with Gasteiger partial charge in [-0.1, -0.05) is 170 Å². The number of para-hydroxylation sites is 1. The molecule has 5 fully saturated rings. The zero-order valence-corrected chi connectivity index (χ0v) is 56.3. The van der Waals surface area contributed by atoms with E-state index < -0.39 is 23.0 Å².